The summed E-state index contributed by atoms with van der Waals surface area (Å²) in [4.78, 5) is 31.8. The summed E-state index contributed by atoms with van der Waals surface area (Å²) in [6, 6.07) is 15.4. The molecule has 0 aromatic heterocycles. The van der Waals surface area contributed by atoms with Crippen LogP contribution in [0.1, 0.15) is 19.3 Å². The lowest BCUT2D eigenvalue weighted by molar-refractivity contribution is -0.134. The van der Waals surface area contributed by atoms with E-state index in [1.54, 1.807) is 24.1 Å². The van der Waals surface area contributed by atoms with Crippen molar-refractivity contribution in [1.82, 2.24) is 9.80 Å². The fourth-order valence-corrected chi connectivity index (χ4v) is 4.12. The van der Waals surface area contributed by atoms with Gasteiger partial charge in [0.25, 0.3) is 5.91 Å². The third kappa shape index (κ3) is 6.41. The zero-order chi connectivity index (χ0) is 23.9. The maximum atomic E-state index is 12.8. The molecule has 0 unspecified atom stereocenters. The minimum Gasteiger partial charge on any atom is -0.493 e. The molecule has 8 nitrogen and oxygen atoms in total. The molecular weight excluding hydrogens is 432 g/mol. The van der Waals surface area contributed by atoms with Gasteiger partial charge in [0.05, 0.1) is 7.11 Å². The molecule has 2 aromatic carbocycles. The lowest BCUT2D eigenvalue weighted by atomic mass is 10.2. The van der Waals surface area contributed by atoms with Gasteiger partial charge in [-0.15, -0.1) is 0 Å². The Bertz CT molecular complexity index is 969. The molecule has 0 spiro atoms. The first kappa shape index (κ1) is 23.9. The SMILES string of the molecule is COc1ccccc1OCC(=O)N(CCC(=O)Nc1ccc(N2CCN(C)CC2)cc1)C1CC1. The van der Waals surface area contributed by atoms with Crippen molar-refractivity contribution in [3.05, 3.63) is 48.5 Å². The highest BCUT2D eigenvalue weighted by molar-refractivity contribution is 5.91. The number of benzene rings is 2. The molecule has 1 N–H and O–H groups in total. The number of carbonyl (C=O) groups is 2. The summed E-state index contributed by atoms with van der Waals surface area (Å²) in [5, 5.41) is 2.95. The van der Waals surface area contributed by atoms with Crippen LogP contribution in [0.5, 0.6) is 11.5 Å². The van der Waals surface area contributed by atoms with Gasteiger partial charge in [0.15, 0.2) is 18.1 Å². The summed E-state index contributed by atoms with van der Waals surface area (Å²) in [5.41, 5.74) is 1.94. The Morgan fingerprint density at radius 2 is 1.68 bits per heavy atom. The molecule has 0 bridgehead atoms. The Morgan fingerprint density at radius 1 is 1.00 bits per heavy atom. The van der Waals surface area contributed by atoms with Crippen molar-refractivity contribution in [2.24, 2.45) is 0 Å². The number of hydrogen-bond acceptors (Lipinski definition) is 6. The van der Waals surface area contributed by atoms with Crippen LogP contribution in [-0.4, -0.2) is 81.1 Å². The van der Waals surface area contributed by atoms with Crippen LogP contribution in [0.2, 0.25) is 0 Å². The van der Waals surface area contributed by atoms with E-state index < -0.39 is 0 Å². The van der Waals surface area contributed by atoms with Crippen LogP contribution >= 0.6 is 0 Å². The maximum Gasteiger partial charge on any atom is 0.260 e. The smallest absolute Gasteiger partial charge is 0.260 e. The van der Waals surface area contributed by atoms with Crippen molar-refractivity contribution in [3.63, 3.8) is 0 Å². The van der Waals surface area contributed by atoms with Gasteiger partial charge in [-0.05, 0) is 56.3 Å². The predicted octanol–water partition coefficient (Wildman–Crippen LogP) is 2.85. The second-order valence-electron chi connectivity index (χ2n) is 8.89. The highest BCUT2D eigenvalue weighted by Gasteiger charge is 2.33. The van der Waals surface area contributed by atoms with Crippen molar-refractivity contribution in [3.8, 4) is 11.5 Å². The summed E-state index contributed by atoms with van der Waals surface area (Å²) in [6.45, 7) is 4.43. The molecule has 1 saturated carbocycles. The standard InChI is InChI=1S/C26H34N4O4/c1-28-15-17-29(18-16-28)21-9-7-20(8-10-21)27-25(31)13-14-30(22-11-12-22)26(32)19-34-24-6-4-3-5-23(24)33-2/h3-10,22H,11-19H2,1-2H3,(H,27,31). The van der Waals surface area contributed by atoms with E-state index >= 15 is 0 Å². The predicted molar refractivity (Wildman–Crippen MR) is 133 cm³/mol. The summed E-state index contributed by atoms with van der Waals surface area (Å²) < 4.78 is 11.0. The van der Waals surface area contributed by atoms with Crippen LogP contribution in [0.25, 0.3) is 0 Å². The summed E-state index contributed by atoms with van der Waals surface area (Å²) >= 11 is 0. The number of carbonyl (C=O) groups excluding carboxylic acids is 2. The first-order chi connectivity index (χ1) is 16.5. The molecule has 1 aliphatic heterocycles. The fourth-order valence-electron chi connectivity index (χ4n) is 4.12. The average Bonchev–Trinajstić information content (AvgIpc) is 3.69. The van der Waals surface area contributed by atoms with E-state index in [4.69, 9.17) is 9.47 Å². The van der Waals surface area contributed by atoms with Crippen LogP contribution in [-0.2, 0) is 9.59 Å². The van der Waals surface area contributed by atoms with E-state index in [0.29, 0.717) is 18.0 Å². The van der Waals surface area contributed by atoms with Gasteiger partial charge in [-0.1, -0.05) is 12.1 Å². The monoisotopic (exact) mass is 466 g/mol. The Balaban J connectivity index is 1.25. The summed E-state index contributed by atoms with van der Waals surface area (Å²) in [5.74, 6) is 0.910. The molecule has 182 valence electrons. The second kappa shape index (κ2) is 11.2. The quantitative estimate of drug-likeness (QED) is 0.581. The van der Waals surface area contributed by atoms with Crippen molar-refractivity contribution in [1.29, 1.82) is 0 Å². The third-order valence-corrected chi connectivity index (χ3v) is 6.33. The minimum absolute atomic E-state index is 0.0771. The molecular formula is C26H34N4O4. The van der Waals surface area contributed by atoms with Crippen molar-refractivity contribution < 1.29 is 19.1 Å². The summed E-state index contributed by atoms with van der Waals surface area (Å²) in [7, 11) is 3.71. The molecule has 8 heteroatoms. The van der Waals surface area contributed by atoms with Gasteiger partial charge >= 0.3 is 0 Å². The molecule has 2 aliphatic rings. The van der Waals surface area contributed by atoms with Gasteiger partial charge in [0, 0.05) is 56.6 Å². The van der Waals surface area contributed by atoms with Crippen LogP contribution in [0, 0.1) is 0 Å². The largest absolute Gasteiger partial charge is 0.493 e. The highest BCUT2D eigenvalue weighted by atomic mass is 16.5. The van der Waals surface area contributed by atoms with E-state index in [0.717, 1.165) is 44.7 Å². The first-order valence-electron chi connectivity index (χ1n) is 11.9. The summed E-state index contributed by atoms with van der Waals surface area (Å²) in [6.07, 6.45) is 2.18. The number of para-hydroxylation sites is 2. The topological polar surface area (TPSA) is 74.3 Å². The van der Waals surface area contributed by atoms with Crippen molar-refractivity contribution >= 4 is 23.2 Å². The van der Waals surface area contributed by atoms with Crippen LogP contribution < -0.4 is 19.7 Å². The lowest BCUT2D eigenvalue weighted by Gasteiger charge is -2.34. The number of amides is 2. The van der Waals surface area contributed by atoms with Crippen LogP contribution in [0.4, 0.5) is 11.4 Å². The first-order valence-corrected chi connectivity index (χ1v) is 11.9. The molecule has 1 aliphatic carbocycles. The number of likely N-dealkylation sites (N-methyl/N-ethyl adjacent to an activating group) is 1. The van der Waals surface area contributed by atoms with Gasteiger partial charge < -0.3 is 29.5 Å². The number of anilines is 2. The lowest BCUT2D eigenvalue weighted by Crippen LogP contribution is -2.44. The molecule has 2 amide bonds. The third-order valence-electron chi connectivity index (χ3n) is 6.33. The molecule has 4 rings (SSSR count). The number of rotatable bonds is 10. The van der Waals surface area contributed by atoms with Crippen LogP contribution in [0.3, 0.4) is 0 Å². The minimum atomic E-state index is -0.113. The van der Waals surface area contributed by atoms with Gasteiger partial charge in [-0.2, -0.15) is 0 Å². The number of nitrogens with one attached hydrogen (secondary N) is 1. The Hall–Kier alpha value is -3.26. The van der Waals surface area contributed by atoms with E-state index in [1.807, 2.05) is 24.3 Å². The van der Waals surface area contributed by atoms with Crippen molar-refractivity contribution in [2.45, 2.75) is 25.3 Å². The normalized spacial score (nSPS) is 16.1. The molecule has 0 radical (unpaired) electrons. The van der Waals surface area contributed by atoms with Gasteiger partial charge in [-0.25, -0.2) is 0 Å². The molecule has 1 heterocycles. The molecule has 2 aromatic rings. The van der Waals surface area contributed by atoms with Crippen molar-refractivity contribution in [2.75, 3.05) is 63.7 Å². The van der Waals surface area contributed by atoms with E-state index in [-0.39, 0.29) is 30.9 Å². The average molecular weight is 467 g/mol. The molecule has 0 atom stereocenters. The number of nitrogens with zero attached hydrogens (tertiary/aromatic N) is 3. The van der Waals surface area contributed by atoms with E-state index in [9.17, 15) is 9.59 Å². The maximum absolute atomic E-state index is 12.8. The van der Waals surface area contributed by atoms with Gasteiger partial charge in [0.1, 0.15) is 0 Å². The number of hydrogen-bond donors (Lipinski definition) is 1. The zero-order valence-corrected chi connectivity index (χ0v) is 20.0. The van der Waals surface area contributed by atoms with E-state index in [2.05, 4.69) is 34.3 Å². The second-order valence-corrected chi connectivity index (χ2v) is 8.89. The molecule has 2 fully saturated rings. The molecule has 1 saturated heterocycles. The highest BCUT2D eigenvalue weighted by Crippen LogP contribution is 2.29. The van der Waals surface area contributed by atoms with Crippen LogP contribution in [0.15, 0.2) is 48.5 Å². The van der Waals surface area contributed by atoms with Gasteiger partial charge in [-0.3, -0.25) is 9.59 Å². The fraction of sp³-hybridized carbons (Fsp3) is 0.462. The Kier molecular flexibility index (Phi) is 7.90. The number of ether oxygens (including phenoxy) is 2. The molecule has 34 heavy (non-hydrogen) atoms. The zero-order valence-electron chi connectivity index (χ0n) is 20.0. The Morgan fingerprint density at radius 3 is 2.32 bits per heavy atom. The van der Waals surface area contributed by atoms with Gasteiger partial charge in [0.2, 0.25) is 5.91 Å². The van der Waals surface area contributed by atoms with E-state index in [1.165, 1.54) is 5.69 Å². The Labute approximate surface area is 201 Å². The number of methoxy groups -OCH3 is 1. The number of piperazine rings is 1.